The van der Waals surface area contributed by atoms with Crippen molar-refractivity contribution in [3.63, 3.8) is 0 Å². The van der Waals surface area contributed by atoms with Gasteiger partial charge in [0.05, 0.1) is 19.2 Å². The summed E-state index contributed by atoms with van der Waals surface area (Å²) in [4.78, 5) is 47.0. The monoisotopic (exact) mass is 403 g/mol. The average molecular weight is 403 g/mol. The molecule has 0 saturated heterocycles. The number of aliphatic hydroxyl groups is 1. The van der Waals surface area contributed by atoms with E-state index < -0.39 is 55.0 Å². The second kappa shape index (κ2) is 13.9. The molecule has 3 amide bonds. The van der Waals surface area contributed by atoms with Crippen LogP contribution in [0.1, 0.15) is 39.5 Å². The molecule has 11 nitrogen and oxygen atoms in total. The van der Waals surface area contributed by atoms with Gasteiger partial charge in [0.25, 0.3) is 0 Å². The molecule has 0 rings (SSSR count). The number of rotatable bonds is 14. The first-order valence-electron chi connectivity index (χ1n) is 9.29. The topological polar surface area (TPSA) is 197 Å². The minimum atomic E-state index is -1.27. The number of hydrogen-bond acceptors (Lipinski definition) is 7. The van der Waals surface area contributed by atoms with Gasteiger partial charge in [0.1, 0.15) is 12.1 Å². The number of carbonyl (C=O) groups excluding carboxylic acids is 3. The Hall–Kier alpha value is -2.24. The number of carboxylic acid groups (broad SMARTS) is 1. The molecule has 28 heavy (non-hydrogen) atoms. The maximum Gasteiger partial charge on any atom is 0.326 e. The minimum absolute atomic E-state index is 0.0547. The summed E-state index contributed by atoms with van der Waals surface area (Å²) in [6.45, 7) is 2.95. The number of carboxylic acids is 1. The smallest absolute Gasteiger partial charge is 0.326 e. The predicted molar refractivity (Wildman–Crippen MR) is 102 cm³/mol. The third-order valence-electron chi connectivity index (χ3n) is 3.89. The number of amides is 3. The second-order valence-electron chi connectivity index (χ2n) is 6.94. The molecule has 11 heteroatoms. The van der Waals surface area contributed by atoms with Crippen molar-refractivity contribution in [2.75, 3.05) is 19.7 Å². The van der Waals surface area contributed by atoms with E-state index in [4.69, 9.17) is 16.6 Å². The van der Waals surface area contributed by atoms with Crippen LogP contribution in [0.15, 0.2) is 0 Å². The summed E-state index contributed by atoms with van der Waals surface area (Å²) >= 11 is 0. The number of hydrogen-bond donors (Lipinski definition) is 7. The summed E-state index contributed by atoms with van der Waals surface area (Å²) in [5, 5.41) is 25.3. The first-order valence-corrected chi connectivity index (χ1v) is 9.29. The van der Waals surface area contributed by atoms with Crippen LogP contribution in [-0.2, 0) is 19.2 Å². The van der Waals surface area contributed by atoms with Gasteiger partial charge in [0, 0.05) is 0 Å². The van der Waals surface area contributed by atoms with E-state index in [-0.39, 0.29) is 12.3 Å². The predicted octanol–water partition coefficient (Wildman–Crippen LogP) is -2.35. The van der Waals surface area contributed by atoms with Gasteiger partial charge in [-0.2, -0.15) is 0 Å². The Balaban J connectivity index is 4.50. The van der Waals surface area contributed by atoms with Gasteiger partial charge in [-0.1, -0.05) is 20.3 Å². The summed E-state index contributed by atoms with van der Waals surface area (Å²) in [7, 11) is 0. The second-order valence-corrected chi connectivity index (χ2v) is 6.94. The molecule has 0 aromatic rings. The fraction of sp³-hybridized carbons (Fsp3) is 0.765. The summed E-state index contributed by atoms with van der Waals surface area (Å²) in [5.41, 5.74) is 11.1. The van der Waals surface area contributed by atoms with Gasteiger partial charge in [-0.05, 0) is 31.7 Å². The highest BCUT2D eigenvalue weighted by atomic mass is 16.4. The van der Waals surface area contributed by atoms with Crippen LogP contribution in [0.5, 0.6) is 0 Å². The van der Waals surface area contributed by atoms with E-state index in [9.17, 15) is 24.3 Å². The van der Waals surface area contributed by atoms with E-state index >= 15 is 0 Å². The van der Waals surface area contributed by atoms with Crippen molar-refractivity contribution in [2.24, 2.45) is 17.4 Å². The van der Waals surface area contributed by atoms with Crippen LogP contribution in [0.4, 0.5) is 0 Å². The molecular formula is C17H33N5O6. The molecule has 0 aliphatic heterocycles. The lowest BCUT2D eigenvalue weighted by Crippen LogP contribution is -2.54. The number of unbranched alkanes of at least 4 members (excludes halogenated alkanes) is 1. The molecule has 0 fully saturated rings. The molecule has 0 saturated carbocycles. The van der Waals surface area contributed by atoms with E-state index in [1.165, 1.54) is 0 Å². The molecule has 0 aromatic carbocycles. The molecular weight excluding hydrogens is 370 g/mol. The number of nitrogens with two attached hydrogens (primary N) is 2. The third kappa shape index (κ3) is 10.8. The molecule has 3 unspecified atom stereocenters. The highest BCUT2D eigenvalue weighted by molar-refractivity contribution is 5.92. The summed E-state index contributed by atoms with van der Waals surface area (Å²) in [6.07, 6.45) is 2.00. The van der Waals surface area contributed by atoms with Gasteiger partial charge < -0.3 is 37.6 Å². The zero-order valence-electron chi connectivity index (χ0n) is 16.4. The van der Waals surface area contributed by atoms with Crippen LogP contribution in [-0.4, -0.2) is 71.7 Å². The molecule has 0 heterocycles. The fourth-order valence-corrected chi connectivity index (χ4v) is 2.34. The number of nitrogens with one attached hydrogen (secondary N) is 3. The Morgan fingerprint density at radius 1 is 1.00 bits per heavy atom. The molecule has 0 aliphatic carbocycles. The van der Waals surface area contributed by atoms with Crippen LogP contribution in [0, 0.1) is 5.92 Å². The van der Waals surface area contributed by atoms with Gasteiger partial charge in [-0.15, -0.1) is 0 Å². The Kier molecular flexibility index (Phi) is 12.7. The van der Waals surface area contributed by atoms with Gasteiger partial charge in [-0.25, -0.2) is 4.79 Å². The SMILES string of the molecule is CC(C)CC(NC(=O)CNC(=O)C(CO)NC(=O)C(N)CCCCN)C(=O)O. The molecule has 0 radical (unpaired) electrons. The van der Waals surface area contributed by atoms with Crippen molar-refractivity contribution in [3.8, 4) is 0 Å². The van der Waals surface area contributed by atoms with Crippen molar-refractivity contribution in [2.45, 2.75) is 57.7 Å². The first kappa shape index (κ1) is 25.8. The van der Waals surface area contributed by atoms with E-state index in [0.29, 0.717) is 25.8 Å². The van der Waals surface area contributed by atoms with E-state index in [1.807, 2.05) is 13.8 Å². The number of aliphatic hydroxyl groups excluding tert-OH is 1. The Morgan fingerprint density at radius 2 is 1.64 bits per heavy atom. The summed E-state index contributed by atoms with van der Waals surface area (Å²) in [6, 6.07) is -3.18. The normalized spacial score (nSPS) is 14.1. The molecule has 0 aliphatic rings. The van der Waals surface area contributed by atoms with E-state index in [0.717, 1.165) is 0 Å². The minimum Gasteiger partial charge on any atom is -0.480 e. The summed E-state index contributed by atoms with van der Waals surface area (Å²) < 4.78 is 0. The van der Waals surface area contributed by atoms with Crippen LogP contribution in [0.2, 0.25) is 0 Å². The van der Waals surface area contributed by atoms with E-state index in [2.05, 4.69) is 16.0 Å². The van der Waals surface area contributed by atoms with Crippen LogP contribution in [0.3, 0.4) is 0 Å². The fourth-order valence-electron chi connectivity index (χ4n) is 2.34. The molecule has 3 atom stereocenters. The van der Waals surface area contributed by atoms with Crippen molar-refractivity contribution in [3.05, 3.63) is 0 Å². The Morgan fingerprint density at radius 3 is 2.14 bits per heavy atom. The lowest BCUT2D eigenvalue weighted by molar-refractivity contribution is -0.142. The van der Waals surface area contributed by atoms with Gasteiger partial charge in [0.2, 0.25) is 17.7 Å². The van der Waals surface area contributed by atoms with E-state index in [1.54, 1.807) is 0 Å². The maximum absolute atomic E-state index is 12.1. The van der Waals surface area contributed by atoms with Crippen LogP contribution < -0.4 is 27.4 Å². The highest BCUT2D eigenvalue weighted by Gasteiger charge is 2.25. The Bertz CT molecular complexity index is 528. The van der Waals surface area contributed by atoms with Crippen molar-refractivity contribution < 1.29 is 29.4 Å². The third-order valence-corrected chi connectivity index (χ3v) is 3.89. The van der Waals surface area contributed by atoms with Crippen molar-refractivity contribution in [1.82, 2.24) is 16.0 Å². The first-order chi connectivity index (χ1) is 13.1. The molecule has 9 N–H and O–H groups in total. The molecule has 0 bridgehead atoms. The zero-order chi connectivity index (χ0) is 21.7. The lowest BCUT2D eigenvalue weighted by Gasteiger charge is -2.20. The van der Waals surface area contributed by atoms with Crippen molar-refractivity contribution in [1.29, 1.82) is 0 Å². The quantitative estimate of drug-likeness (QED) is 0.156. The van der Waals surface area contributed by atoms with Gasteiger partial charge in [-0.3, -0.25) is 14.4 Å². The van der Waals surface area contributed by atoms with Gasteiger partial charge >= 0.3 is 5.97 Å². The number of aliphatic carboxylic acids is 1. The highest BCUT2D eigenvalue weighted by Crippen LogP contribution is 2.04. The average Bonchev–Trinajstić information content (AvgIpc) is 2.62. The number of carbonyl (C=O) groups is 4. The van der Waals surface area contributed by atoms with Gasteiger partial charge in [0.15, 0.2) is 0 Å². The standard InChI is InChI=1S/C17H33N5O6/c1-10(2)7-12(17(27)28)21-14(24)8-20-16(26)13(9-23)22-15(25)11(19)5-3-4-6-18/h10-13,23H,3-9,18-19H2,1-2H3,(H,20,26)(H,21,24)(H,22,25)(H,27,28). The van der Waals surface area contributed by atoms with Crippen molar-refractivity contribution >= 4 is 23.7 Å². The molecule has 0 aromatic heterocycles. The largest absolute Gasteiger partial charge is 0.480 e. The Labute approximate surface area is 164 Å². The van der Waals surface area contributed by atoms with Crippen LogP contribution in [0.25, 0.3) is 0 Å². The molecule has 0 spiro atoms. The zero-order valence-corrected chi connectivity index (χ0v) is 16.4. The van der Waals surface area contributed by atoms with Crippen LogP contribution >= 0.6 is 0 Å². The summed E-state index contributed by atoms with van der Waals surface area (Å²) in [5.74, 6) is -3.19. The molecule has 162 valence electrons. The maximum atomic E-state index is 12.1. The lowest BCUT2D eigenvalue weighted by atomic mass is 10.0.